The van der Waals surface area contributed by atoms with Crippen molar-refractivity contribution in [3.8, 4) is 29.1 Å². The minimum absolute atomic E-state index is 0.235. The van der Waals surface area contributed by atoms with Crippen molar-refractivity contribution in [2.24, 2.45) is 0 Å². The van der Waals surface area contributed by atoms with E-state index in [2.05, 4.69) is 38.2 Å². The van der Waals surface area contributed by atoms with E-state index in [9.17, 15) is 5.26 Å². The highest BCUT2D eigenvalue weighted by atomic mass is 35.5. The monoisotopic (exact) mass is 544 g/mol. The van der Waals surface area contributed by atoms with Crippen molar-refractivity contribution in [1.29, 1.82) is 5.26 Å². The van der Waals surface area contributed by atoms with Gasteiger partial charge >= 0.3 is 0 Å². The van der Waals surface area contributed by atoms with Crippen molar-refractivity contribution in [1.82, 2.24) is 34.7 Å². The summed E-state index contributed by atoms with van der Waals surface area (Å²) in [6.45, 7) is 7.85. The quantitative estimate of drug-likeness (QED) is 0.337. The summed E-state index contributed by atoms with van der Waals surface area (Å²) in [4.78, 5) is 20.7. The number of piperazine rings is 1. The Morgan fingerprint density at radius 3 is 2.77 bits per heavy atom. The molecule has 4 heterocycles. The first-order valence-electron chi connectivity index (χ1n) is 13.1. The lowest BCUT2D eigenvalue weighted by Gasteiger charge is -2.26. The average Bonchev–Trinajstić information content (AvgIpc) is 3.57. The van der Waals surface area contributed by atoms with Gasteiger partial charge in [0.25, 0.3) is 0 Å². The fraction of sp³-hybridized carbons (Fsp3) is 0.393. The predicted molar refractivity (Wildman–Crippen MR) is 147 cm³/mol. The Balaban J connectivity index is 1.34. The van der Waals surface area contributed by atoms with Gasteiger partial charge in [-0.05, 0) is 50.1 Å². The van der Waals surface area contributed by atoms with Crippen molar-refractivity contribution in [2.75, 3.05) is 39.3 Å². The van der Waals surface area contributed by atoms with Crippen molar-refractivity contribution in [2.45, 2.75) is 31.9 Å². The lowest BCUT2D eigenvalue weighted by atomic mass is 10.2. The molecule has 11 heteroatoms. The number of ether oxygens (including phenoxy) is 2. The summed E-state index contributed by atoms with van der Waals surface area (Å²) in [5, 5.41) is 13.5. The molecule has 0 bridgehead atoms. The number of nitrogens with one attached hydrogen (secondary N) is 1. The minimum Gasteiger partial charge on any atom is -0.492 e. The third kappa shape index (κ3) is 5.52. The van der Waals surface area contributed by atoms with Crippen LogP contribution in [0.3, 0.4) is 0 Å². The van der Waals surface area contributed by atoms with Gasteiger partial charge in [0, 0.05) is 44.5 Å². The Bertz CT molecular complexity index is 1540. The number of halogens is 1. The van der Waals surface area contributed by atoms with Crippen molar-refractivity contribution < 1.29 is 9.47 Å². The average molecular weight is 545 g/mol. The Labute approximate surface area is 231 Å². The summed E-state index contributed by atoms with van der Waals surface area (Å²) >= 11 is 6.82. The second kappa shape index (κ2) is 10.8. The molecule has 1 N–H and O–H groups in total. The summed E-state index contributed by atoms with van der Waals surface area (Å²) in [5.41, 5.74) is 2.70. The second-order valence-corrected chi connectivity index (χ2v) is 10.5. The predicted octanol–water partition coefficient (Wildman–Crippen LogP) is 3.68. The molecule has 10 nitrogen and oxygen atoms in total. The maximum absolute atomic E-state index is 9.65. The zero-order valence-electron chi connectivity index (χ0n) is 21.7. The Hall–Kier alpha value is -3.78. The molecule has 6 rings (SSSR count). The maximum atomic E-state index is 9.65. The van der Waals surface area contributed by atoms with Gasteiger partial charge < -0.3 is 19.4 Å². The molecular weight excluding hydrogens is 516 g/mol. The molecule has 2 aliphatic rings. The smallest absolute Gasteiger partial charge is 0.245 e. The van der Waals surface area contributed by atoms with Crippen LogP contribution in [0.1, 0.15) is 31.0 Å². The number of fused-ring (bicyclic) bond motifs is 1. The van der Waals surface area contributed by atoms with Gasteiger partial charge in [0.2, 0.25) is 5.88 Å². The number of benzene rings is 1. The molecule has 1 aliphatic heterocycles. The number of pyridine rings is 1. The third-order valence-corrected chi connectivity index (χ3v) is 7.49. The number of hydrogen-bond acceptors (Lipinski definition) is 9. The maximum Gasteiger partial charge on any atom is 0.245 e. The summed E-state index contributed by atoms with van der Waals surface area (Å²) in [7, 11) is 0. The molecule has 0 spiro atoms. The van der Waals surface area contributed by atoms with Crippen LogP contribution >= 0.6 is 11.6 Å². The summed E-state index contributed by atoms with van der Waals surface area (Å²) in [5.74, 6) is 1.72. The van der Waals surface area contributed by atoms with Crippen LogP contribution < -0.4 is 14.8 Å². The largest absolute Gasteiger partial charge is 0.492 e. The van der Waals surface area contributed by atoms with Gasteiger partial charge in [-0.3, -0.25) is 9.88 Å². The van der Waals surface area contributed by atoms with E-state index in [0.717, 1.165) is 45.6 Å². The lowest BCUT2D eigenvalue weighted by molar-refractivity contribution is 0.191. The summed E-state index contributed by atoms with van der Waals surface area (Å²) in [6.07, 6.45) is 5.08. The first-order chi connectivity index (χ1) is 19.0. The normalized spacial score (nSPS) is 16.6. The Kier molecular flexibility index (Phi) is 7.04. The van der Waals surface area contributed by atoms with Crippen LogP contribution in [0.2, 0.25) is 5.02 Å². The van der Waals surface area contributed by atoms with Crippen LogP contribution in [-0.2, 0) is 6.54 Å². The van der Waals surface area contributed by atoms with Gasteiger partial charge in [-0.2, -0.15) is 10.2 Å². The molecule has 1 aliphatic carbocycles. The first kappa shape index (κ1) is 25.5. The van der Waals surface area contributed by atoms with Crippen LogP contribution in [0.5, 0.6) is 11.6 Å². The molecule has 0 radical (unpaired) electrons. The molecule has 39 heavy (non-hydrogen) atoms. The molecule has 200 valence electrons. The summed E-state index contributed by atoms with van der Waals surface area (Å²) in [6, 6.07) is 11.3. The zero-order chi connectivity index (χ0) is 26.8. The number of rotatable bonds is 9. The number of nitrogens with zero attached hydrogens (tertiary/aromatic N) is 7. The molecule has 0 amide bonds. The molecule has 4 aromatic rings. The SMILES string of the molecule is CC1(Oc2ncnc3c2nc(-c2ccc(OCCN4CCNCC4)cc2Cl)n3Cc2ncccc2C#N)CC1. The van der Waals surface area contributed by atoms with Gasteiger partial charge in [0.1, 0.15) is 36.2 Å². The highest BCUT2D eigenvalue weighted by Crippen LogP contribution is 2.41. The third-order valence-electron chi connectivity index (χ3n) is 7.18. The van der Waals surface area contributed by atoms with Crippen LogP contribution in [-0.4, -0.2) is 74.3 Å². The van der Waals surface area contributed by atoms with Gasteiger partial charge in [0.15, 0.2) is 11.2 Å². The van der Waals surface area contributed by atoms with E-state index in [1.807, 2.05) is 22.8 Å². The van der Waals surface area contributed by atoms with E-state index in [0.29, 0.717) is 57.1 Å². The van der Waals surface area contributed by atoms with Crippen LogP contribution in [0.25, 0.3) is 22.6 Å². The van der Waals surface area contributed by atoms with Crippen LogP contribution in [0.4, 0.5) is 0 Å². The topological polar surface area (TPSA) is 114 Å². The molecule has 1 aromatic carbocycles. The van der Waals surface area contributed by atoms with Crippen LogP contribution in [0.15, 0.2) is 42.9 Å². The van der Waals surface area contributed by atoms with Gasteiger partial charge in [0.05, 0.1) is 22.8 Å². The Morgan fingerprint density at radius 2 is 2.00 bits per heavy atom. The molecule has 0 unspecified atom stereocenters. The highest BCUT2D eigenvalue weighted by molar-refractivity contribution is 6.33. The van der Waals surface area contributed by atoms with E-state index in [1.54, 1.807) is 18.3 Å². The van der Waals surface area contributed by atoms with E-state index in [1.165, 1.54) is 6.33 Å². The summed E-state index contributed by atoms with van der Waals surface area (Å²) < 4.78 is 14.1. The molecule has 1 saturated carbocycles. The number of imidazole rings is 1. The van der Waals surface area contributed by atoms with E-state index in [-0.39, 0.29) is 12.1 Å². The van der Waals surface area contributed by atoms with Crippen molar-refractivity contribution in [3.05, 3.63) is 59.1 Å². The fourth-order valence-electron chi connectivity index (χ4n) is 4.67. The van der Waals surface area contributed by atoms with Gasteiger partial charge in [-0.25, -0.2) is 9.97 Å². The highest BCUT2D eigenvalue weighted by Gasteiger charge is 2.41. The molecule has 0 atom stereocenters. The van der Waals surface area contributed by atoms with Crippen LogP contribution in [0, 0.1) is 11.3 Å². The van der Waals surface area contributed by atoms with E-state index >= 15 is 0 Å². The number of hydrogen-bond donors (Lipinski definition) is 1. The molecule has 3 aromatic heterocycles. The molecule has 2 fully saturated rings. The minimum atomic E-state index is -0.235. The second-order valence-electron chi connectivity index (χ2n) is 10.1. The van der Waals surface area contributed by atoms with Gasteiger partial charge in [-0.15, -0.1) is 0 Å². The number of aromatic nitrogens is 5. The Morgan fingerprint density at radius 1 is 1.15 bits per heavy atom. The van der Waals surface area contributed by atoms with Crippen molar-refractivity contribution >= 4 is 22.8 Å². The standard InChI is InChI=1S/C28H29ClN8O2/c1-28(6-7-28)39-27-24-26(33-18-34-27)37(17-23-19(16-30)3-2-8-32-23)25(35-24)21-5-4-20(15-22(21)29)38-14-13-36-11-9-31-10-12-36/h2-5,8,15,18,31H,6-7,9-14,17H2,1H3. The zero-order valence-corrected chi connectivity index (χ0v) is 22.5. The first-order valence-corrected chi connectivity index (χ1v) is 13.5. The van der Waals surface area contributed by atoms with E-state index in [4.69, 9.17) is 26.1 Å². The molecule has 1 saturated heterocycles. The lowest BCUT2D eigenvalue weighted by Crippen LogP contribution is -2.44. The molecular formula is C28H29ClN8O2. The number of nitriles is 1. The van der Waals surface area contributed by atoms with Crippen molar-refractivity contribution in [3.63, 3.8) is 0 Å². The van der Waals surface area contributed by atoms with E-state index < -0.39 is 0 Å². The fourth-order valence-corrected chi connectivity index (χ4v) is 4.92. The van der Waals surface area contributed by atoms with Gasteiger partial charge in [-0.1, -0.05) is 11.6 Å².